The minimum absolute atomic E-state index is 0.0330. The van der Waals surface area contributed by atoms with E-state index in [9.17, 15) is 4.79 Å². The van der Waals surface area contributed by atoms with E-state index in [0.717, 1.165) is 36.1 Å². The lowest BCUT2D eigenvalue weighted by atomic mass is 10.1. The van der Waals surface area contributed by atoms with Gasteiger partial charge in [0.1, 0.15) is 6.29 Å². The van der Waals surface area contributed by atoms with Gasteiger partial charge in [0.2, 0.25) is 0 Å². The SMILES string of the molecule is Cc1cc(N2CCN(C)C[C@@H]2C=O)ccc1Br. The van der Waals surface area contributed by atoms with E-state index in [0.29, 0.717) is 0 Å². The van der Waals surface area contributed by atoms with Crippen LogP contribution >= 0.6 is 15.9 Å². The summed E-state index contributed by atoms with van der Waals surface area (Å²) in [7, 11) is 2.06. The molecule has 0 radical (unpaired) electrons. The minimum atomic E-state index is -0.0330. The maximum Gasteiger partial charge on any atom is 0.143 e. The van der Waals surface area contributed by atoms with Crippen molar-refractivity contribution in [3.05, 3.63) is 28.2 Å². The van der Waals surface area contributed by atoms with Gasteiger partial charge in [-0.15, -0.1) is 0 Å². The van der Waals surface area contributed by atoms with Crippen LogP contribution in [0.4, 0.5) is 5.69 Å². The standard InChI is InChI=1S/C13H17BrN2O/c1-10-7-11(3-4-13(10)14)16-6-5-15(2)8-12(16)9-17/h3-4,7,9,12H,5-6,8H2,1-2H3/t12-/m1/s1. The van der Waals surface area contributed by atoms with E-state index in [4.69, 9.17) is 0 Å². The number of hydrogen-bond acceptors (Lipinski definition) is 3. The van der Waals surface area contributed by atoms with Crippen molar-refractivity contribution >= 4 is 27.9 Å². The molecule has 1 aromatic carbocycles. The lowest BCUT2D eigenvalue weighted by Gasteiger charge is -2.39. The number of hydrogen-bond donors (Lipinski definition) is 0. The zero-order valence-corrected chi connectivity index (χ0v) is 11.8. The topological polar surface area (TPSA) is 23.6 Å². The Morgan fingerprint density at radius 2 is 2.18 bits per heavy atom. The molecule has 2 rings (SSSR count). The molecule has 1 fully saturated rings. The van der Waals surface area contributed by atoms with E-state index in [2.05, 4.69) is 51.8 Å². The number of rotatable bonds is 2. The van der Waals surface area contributed by atoms with Crippen LogP contribution in [0.3, 0.4) is 0 Å². The molecule has 1 aliphatic heterocycles. The third-order valence-corrected chi connectivity index (χ3v) is 4.14. The van der Waals surface area contributed by atoms with Crippen LogP contribution in [0.15, 0.2) is 22.7 Å². The first-order chi connectivity index (χ1) is 8.11. The van der Waals surface area contributed by atoms with Crippen LogP contribution in [0.2, 0.25) is 0 Å². The fourth-order valence-corrected chi connectivity index (χ4v) is 2.44. The van der Waals surface area contributed by atoms with E-state index < -0.39 is 0 Å². The molecular weight excluding hydrogens is 280 g/mol. The summed E-state index contributed by atoms with van der Waals surface area (Å²) in [4.78, 5) is 15.5. The number of anilines is 1. The maximum atomic E-state index is 11.2. The molecule has 0 bridgehead atoms. The zero-order chi connectivity index (χ0) is 12.4. The van der Waals surface area contributed by atoms with Gasteiger partial charge in [0.15, 0.2) is 0 Å². The summed E-state index contributed by atoms with van der Waals surface area (Å²) in [5.74, 6) is 0. The van der Waals surface area contributed by atoms with Gasteiger partial charge in [0.25, 0.3) is 0 Å². The average molecular weight is 297 g/mol. The smallest absolute Gasteiger partial charge is 0.143 e. The van der Waals surface area contributed by atoms with Crippen LogP contribution in [0.25, 0.3) is 0 Å². The Morgan fingerprint density at radius 3 is 2.82 bits per heavy atom. The van der Waals surface area contributed by atoms with Crippen molar-refractivity contribution in [1.29, 1.82) is 0 Å². The lowest BCUT2D eigenvalue weighted by molar-refractivity contribution is -0.109. The maximum absolute atomic E-state index is 11.2. The summed E-state index contributed by atoms with van der Waals surface area (Å²) in [6.07, 6.45) is 1.05. The molecule has 1 aliphatic rings. The van der Waals surface area contributed by atoms with Gasteiger partial charge >= 0.3 is 0 Å². The molecule has 1 aromatic rings. The fraction of sp³-hybridized carbons (Fsp3) is 0.462. The van der Waals surface area contributed by atoms with E-state index in [-0.39, 0.29) is 6.04 Å². The highest BCUT2D eigenvalue weighted by molar-refractivity contribution is 9.10. The van der Waals surface area contributed by atoms with Crippen molar-refractivity contribution in [2.75, 3.05) is 31.6 Å². The number of nitrogens with zero attached hydrogens (tertiary/aromatic N) is 2. The van der Waals surface area contributed by atoms with Gasteiger partial charge in [0, 0.05) is 29.8 Å². The zero-order valence-electron chi connectivity index (χ0n) is 10.2. The van der Waals surface area contributed by atoms with Gasteiger partial charge in [-0.05, 0) is 37.7 Å². The van der Waals surface area contributed by atoms with Gasteiger partial charge in [-0.1, -0.05) is 15.9 Å². The molecule has 0 aromatic heterocycles. The number of likely N-dealkylation sites (N-methyl/N-ethyl adjacent to an activating group) is 1. The minimum Gasteiger partial charge on any atom is -0.359 e. The largest absolute Gasteiger partial charge is 0.359 e. The molecule has 0 unspecified atom stereocenters. The number of aldehydes is 1. The molecule has 3 nitrogen and oxygen atoms in total. The number of carbonyl (C=O) groups excluding carboxylic acids is 1. The molecule has 0 saturated carbocycles. The quantitative estimate of drug-likeness (QED) is 0.781. The van der Waals surface area contributed by atoms with Crippen molar-refractivity contribution in [2.45, 2.75) is 13.0 Å². The summed E-state index contributed by atoms with van der Waals surface area (Å²) >= 11 is 3.50. The Hall–Kier alpha value is -0.870. The average Bonchev–Trinajstić information content (AvgIpc) is 2.32. The first kappa shape index (κ1) is 12.6. The number of aryl methyl sites for hydroxylation is 1. The van der Waals surface area contributed by atoms with Crippen molar-refractivity contribution in [2.24, 2.45) is 0 Å². The fourth-order valence-electron chi connectivity index (χ4n) is 2.20. The summed E-state index contributed by atoms with van der Waals surface area (Å²) < 4.78 is 1.11. The van der Waals surface area contributed by atoms with E-state index in [1.165, 1.54) is 5.56 Å². The molecular formula is C13H17BrN2O. The molecule has 92 valence electrons. The summed E-state index contributed by atoms with van der Waals surface area (Å²) in [5.41, 5.74) is 2.34. The summed E-state index contributed by atoms with van der Waals surface area (Å²) in [6.45, 7) is 4.78. The highest BCUT2D eigenvalue weighted by Gasteiger charge is 2.24. The van der Waals surface area contributed by atoms with Crippen molar-refractivity contribution < 1.29 is 4.79 Å². The molecule has 0 N–H and O–H groups in total. The van der Waals surface area contributed by atoms with Gasteiger partial charge < -0.3 is 14.6 Å². The highest BCUT2D eigenvalue weighted by Crippen LogP contribution is 2.25. The predicted octanol–water partition coefficient (Wildman–Crippen LogP) is 2.08. The number of halogens is 1. The molecule has 17 heavy (non-hydrogen) atoms. The van der Waals surface area contributed by atoms with Crippen molar-refractivity contribution in [3.63, 3.8) is 0 Å². The van der Waals surface area contributed by atoms with Crippen LogP contribution in [0.1, 0.15) is 5.56 Å². The van der Waals surface area contributed by atoms with Crippen LogP contribution in [-0.4, -0.2) is 43.9 Å². The Labute approximate surface area is 111 Å². The summed E-state index contributed by atoms with van der Waals surface area (Å²) in [6, 6.07) is 6.21. The molecule has 0 amide bonds. The van der Waals surface area contributed by atoms with Gasteiger partial charge in [-0.25, -0.2) is 0 Å². The summed E-state index contributed by atoms with van der Waals surface area (Å²) in [5, 5.41) is 0. The molecule has 1 saturated heterocycles. The highest BCUT2D eigenvalue weighted by atomic mass is 79.9. The van der Waals surface area contributed by atoms with Gasteiger partial charge in [-0.3, -0.25) is 0 Å². The number of piperazine rings is 1. The van der Waals surface area contributed by atoms with E-state index >= 15 is 0 Å². The Morgan fingerprint density at radius 1 is 1.41 bits per heavy atom. The van der Waals surface area contributed by atoms with Crippen molar-refractivity contribution in [1.82, 2.24) is 4.90 Å². The van der Waals surface area contributed by atoms with Gasteiger partial charge in [0.05, 0.1) is 6.04 Å². The third-order valence-electron chi connectivity index (χ3n) is 3.25. The lowest BCUT2D eigenvalue weighted by Crippen LogP contribution is -2.52. The second-order valence-corrected chi connectivity index (χ2v) is 5.45. The number of benzene rings is 1. The molecule has 1 atom stereocenters. The molecule has 1 heterocycles. The molecule has 0 aliphatic carbocycles. The van der Waals surface area contributed by atoms with Crippen molar-refractivity contribution in [3.8, 4) is 0 Å². The van der Waals surface area contributed by atoms with Crippen LogP contribution < -0.4 is 4.90 Å². The molecule has 0 spiro atoms. The van der Waals surface area contributed by atoms with E-state index in [1.807, 2.05) is 6.07 Å². The van der Waals surface area contributed by atoms with Crippen LogP contribution in [0, 0.1) is 6.92 Å². The number of carbonyl (C=O) groups is 1. The Kier molecular flexibility index (Phi) is 3.84. The second kappa shape index (κ2) is 5.19. The third kappa shape index (κ3) is 2.69. The first-order valence-corrected chi connectivity index (χ1v) is 6.58. The Balaban J connectivity index is 2.25. The Bertz CT molecular complexity index is 422. The van der Waals surface area contributed by atoms with Gasteiger partial charge in [-0.2, -0.15) is 0 Å². The van der Waals surface area contributed by atoms with E-state index in [1.54, 1.807) is 0 Å². The first-order valence-electron chi connectivity index (χ1n) is 5.78. The normalized spacial score (nSPS) is 21.6. The predicted molar refractivity (Wildman–Crippen MR) is 73.6 cm³/mol. The monoisotopic (exact) mass is 296 g/mol. The molecule has 4 heteroatoms. The van der Waals surface area contributed by atoms with Crippen LogP contribution in [-0.2, 0) is 4.79 Å². The van der Waals surface area contributed by atoms with Crippen LogP contribution in [0.5, 0.6) is 0 Å². The second-order valence-electron chi connectivity index (χ2n) is 4.59.